The Morgan fingerprint density at radius 1 is 0.364 bits per heavy atom. The summed E-state index contributed by atoms with van der Waals surface area (Å²) in [5.41, 5.74) is 9.54. The molecule has 0 heteroatoms. The summed E-state index contributed by atoms with van der Waals surface area (Å²) in [4.78, 5) is 0. The second kappa shape index (κ2) is 7.18. The van der Waals surface area contributed by atoms with Crippen LogP contribution in [-0.2, 0) is 0 Å². The Kier molecular flexibility index (Phi) is 4.01. The van der Waals surface area contributed by atoms with Gasteiger partial charge in [0.15, 0.2) is 0 Å². The van der Waals surface area contributed by atoms with Crippen molar-refractivity contribution >= 4 is 21.5 Å². The highest BCUT2D eigenvalue weighted by Gasteiger charge is 2.33. The monoisotopic (exact) mass is 418 g/mol. The first-order valence-corrected chi connectivity index (χ1v) is 11.6. The van der Waals surface area contributed by atoms with Crippen LogP contribution < -0.4 is 0 Å². The molecule has 0 nitrogen and oxygen atoms in total. The van der Waals surface area contributed by atoms with Gasteiger partial charge in [-0.15, -0.1) is 0 Å². The van der Waals surface area contributed by atoms with E-state index in [2.05, 4.69) is 127 Å². The van der Waals surface area contributed by atoms with Crippen LogP contribution in [-0.4, -0.2) is 0 Å². The first kappa shape index (κ1) is 18.4. The first-order valence-electron chi connectivity index (χ1n) is 11.6. The van der Waals surface area contributed by atoms with E-state index in [-0.39, 0.29) is 5.92 Å². The number of fused-ring (bicyclic) bond motifs is 6. The van der Waals surface area contributed by atoms with Crippen molar-refractivity contribution in [3.63, 3.8) is 0 Å². The van der Waals surface area contributed by atoms with E-state index >= 15 is 0 Å². The van der Waals surface area contributed by atoms with Crippen LogP contribution in [0.5, 0.6) is 0 Å². The van der Waals surface area contributed by atoms with Gasteiger partial charge in [-0.2, -0.15) is 0 Å². The van der Waals surface area contributed by atoms with Crippen molar-refractivity contribution in [2.45, 2.75) is 5.92 Å². The van der Waals surface area contributed by atoms with Crippen molar-refractivity contribution in [2.24, 2.45) is 0 Å². The van der Waals surface area contributed by atoms with Crippen LogP contribution in [0.4, 0.5) is 0 Å². The highest BCUT2D eigenvalue weighted by Crippen LogP contribution is 2.53. The summed E-state index contributed by atoms with van der Waals surface area (Å²) in [5, 5.41) is 5.30. The van der Waals surface area contributed by atoms with Gasteiger partial charge in [-0.3, -0.25) is 0 Å². The van der Waals surface area contributed by atoms with Gasteiger partial charge in [0, 0.05) is 5.92 Å². The van der Waals surface area contributed by atoms with E-state index < -0.39 is 0 Å². The van der Waals surface area contributed by atoms with E-state index in [1.165, 1.54) is 60.5 Å². The van der Waals surface area contributed by atoms with Crippen molar-refractivity contribution < 1.29 is 0 Å². The molecule has 1 aliphatic rings. The van der Waals surface area contributed by atoms with Crippen molar-refractivity contribution in [1.29, 1.82) is 0 Å². The highest BCUT2D eigenvalue weighted by atomic mass is 14.4. The molecule has 0 amide bonds. The molecule has 1 aliphatic carbocycles. The molecule has 154 valence electrons. The Bertz CT molecular complexity index is 1610. The van der Waals surface area contributed by atoms with Crippen LogP contribution in [0.3, 0.4) is 0 Å². The third kappa shape index (κ3) is 2.64. The summed E-state index contributed by atoms with van der Waals surface area (Å²) in [6, 6.07) is 46.6. The Morgan fingerprint density at radius 3 is 1.45 bits per heavy atom. The zero-order chi connectivity index (χ0) is 21.8. The summed E-state index contributed by atoms with van der Waals surface area (Å²) in [5.74, 6) is 0.196. The van der Waals surface area contributed by atoms with Crippen LogP contribution in [0.1, 0.15) is 22.6 Å². The minimum absolute atomic E-state index is 0.196. The molecule has 7 rings (SSSR count). The van der Waals surface area contributed by atoms with Crippen LogP contribution >= 0.6 is 0 Å². The lowest BCUT2D eigenvalue weighted by atomic mass is 9.79. The van der Waals surface area contributed by atoms with E-state index in [4.69, 9.17) is 0 Å². The predicted molar refractivity (Wildman–Crippen MR) is 140 cm³/mol. The van der Waals surface area contributed by atoms with Gasteiger partial charge in [-0.1, -0.05) is 127 Å². The van der Waals surface area contributed by atoms with Gasteiger partial charge in [0.05, 0.1) is 0 Å². The van der Waals surface area contributed by atoms with Gasteiger partial charge < -0.3 is 0 Å². The van der Waals surface area contributed by atoms with Crippen molar-refractivity contribution in [1.82, 2.24) is 0 Å². The van der Waals surface area contributed by atoms with Gasteiger partial charge in [-0.05, 0) is 60.5 Å². The van der Waals surface area contributed by atoms with Crippen LogP contribution in [0, 0.1) is 0 Å². The second-order valence-electron chi connectivity index (χ2n) is 8.85. The lowest BCUT2D eigenvalue weighted by Gasteiger charge is -2.24. The molecule has 0 spiro atoms. The number of rotatable bonds is 2. The highest BCUT2D eigenvalue weighted by molar-refractivity contribution is 6.16. The molecular formula is C33H22. The Labute approximate surface area is 193 Å². The standard InChI is InChI=1S/C33H22/c1-2-12-22(13-3-1)31-27-18-8-4-14-23(27)26-17-7-11-21-30(26)33(31)32-28-19-9-5-15-24(28)25-16-6-10-20-29(25)32/h1-21,32H. The molecule has 0 N–H and O–H groups in total. The molecule has 0 fully saturated rings. The molecule has 0 saturated heterocycles. The molecule has 0 heterocycles. The molecule has 6 aromatic rings. The third-order valence-corrected chi connectivity index (χ3v) is 7.16. The smallest absolute Gasteiger partial charge is 0.0364 e. The fourth-order valence-electron chi connectivity index (χ4n) is 5.85. The molecule has 0 saturated carbocycles. The molecule has 0 radical (unpaired) electrons. The number of hydrogen-bond donors (Lipinski definition) is 0. The fraction of sp³-hybridized carbons (Fsp3) is 0.0303. The average molecular weight is 419 g/mol. The van der Waals surface area contributed by atoms with Gasteiger partial charge in [0.1, 0.15) is 0 Å². The summed E-state index contributed by atoms with van der Waals surface area (Å²) < 4.78 is 0. The predicted octanol–water partition coefficient (Wildman–Crippen LogP) is 8.82. The number of benzene rings is 6. The van der Waals surface area contributed by atoms with E-state index in [1.54, 1.807) is 0 Å². The fourth-order valence-corrected chi connectivity index (χ4v) is 5.85. The maximum absolute atomic E-state index is 2.32. The van der Waals surface area contributed by atoms with E-state index in [0.717, 1.165) is 0 Å². The van der Waals surface area contributed by atoms with Gasteiger partial charge in [0.2, 0.25) is 0 Å². The number of hydrogen-bond acceptors (Lipinski definition) is 0. The van der Waals surface area contributed by atoms with Gasteiger partial charge >= 0.3 is 0 Å². The quantitative estimate of drug-likeness (QED) is 0.246. The summed E-state index contributed by atoms with van der Waals surface area (Å²) >= 11 is 0. The normalized spacial score (nSPS) is 12.7. The molecule has 6 aromatic carbocycles. The maximum atomic E-state index is 2.32. The average Bonchev–Trinajstić information content (AvgIpc) is 3.23. The Hall–Kier alpha value is -4.16. The SMILES string of the molecule is c1ccc(-c2c(C3c4ccccc4-c4ccccc43)c3ccccc3c3ccccc23)cc1. The molecule has 0 bridgehead atoms. The lowest BCUT2D eigenvalue weighted by molar-refractivity contribution is 1.03. The Morgan fingerprint density at radius 2 is 0.818 bits per heavy atom. The van der Waals surface area contributed by atoms with Gasteiger partial charge in [-0.25, -0.2) is 0 Å². The van der Waals surface area contributed by atoms with E-state index in [0.29, 0.717) is 0 Å². The Balaban J connectivity index is 1.71. The summed E-state index contributed by atoms with van der Waals surface area (Å²) in [6.45, 7) is 0. The molecule has 33 heavy (non-hydrogen) atoms. The van der Waals surface area contributed by atoms with Crippen LogP contribution in [0.15, 0.2) is 127 Å². The topological polar surface area (TPSA) is 0 Å². The first-order chi connectivity index (χ1) is 16.4. The molecule has 0 aliphatic heterocycles. The maximum Gasteiger partial charge on any atom is 0.0364 e. The largest absolute Gasteiger partial charge is 0.0622 e. The zero-order valence-electron chi connectivity index (χ0n) is 18.2. The van der Waals surface area contributed by atoms with Gasteiger partial charge in [0.25, 0.3) is 0 Å². The van der Waals surface area contributed by atoms with Crippen molar-refractivity contribution in [3.05, 3.63) is 144 Å². The van der Waals surface area contributed by atoms with Crippen LogP contribution in [0.25, 0.3) is 43.8 Å². The molecular weight excluding hydrogens is 396 g/mol. The van der Waals surface area contributed by atoms with E-state index in [1.807, 2.05) is 0 Å². The minimum Gasteiger partial charge on any atom is -0.0622 e. The molecule has 0 atom stereocenters. The van der Waals surface area contributed by atoms with E-state index in [9.17, 15) is 0 Å². The van der Waals surface area contributed by atoms with Crippen molar-refractivity contribution in [2.75, 3.05) is 0 Å². The minimum atomic E-state index is 0.196. The zero-order valence-corrected chi connectivity index (χ0v) is 18.2. The molecule has 0 aromatic heterocycles. The summed E-state index contributed by atoms with van der Waals surface area (Å²) in [6.07, 6.45) is 0. The van der Waals surface area contributed by atoms with Crippen molar-refractivity contribution in [3.8, 4) is 22.3 Å². The second-order valence-corrected chi connectivity index (χ2v) is 8.85. The summed E-state index contributed by atoms with van der Waals surface area (Å²) in [7, 11) is 0. The third-order valence-electron chi connectivity index (χ3n) is 7.16. The molecule has 0 unspecified atom stereocenters. The van der Waals surface area contributed by atoms with Crippen LogP contribution in [0.2, 0.25) is 0 Å². The lowest BCUT2D eigenvalue weighted by Crippen LogP contribution is -2.04.